The number of phenols is 1. The quantitative estimate of drug-likeness (QED) is 0.257. The number of hydrogen-bond acceptors (Lipinski definition) is 8. The molecule has 11 rings (SSSR count). The van der Waals surface area contributed by atoms with Crippen LogP contribution in [0.5, 0.6) is 11.5 Å². The van der Waals surface area contributed by atoms with Crippen LogP contribution in [0.4, 0.5) is 0 Å². The van der Waals surface area contributed by atoms with E-state index in [2.05, 4.69) is 41.5 Å². The minimum absolute atomic E-state index is 0. The number of benzene rings is 2. The topological polar surface area (TPSA) is 146 Å². The van der Waals surface area contributed by atoms with E-state index < -0.39 is 11.8 Å². The van der Waals surface area contributed by atoms with E-state index in [0.29, 0.717) is 29.5 Å². The Balaban J connectivity index is 0.000000393. The van der Waals surface area contributed by atoms with Crippen LogP contribution in [0.15, 0.2) is 48.5 Å². The Morgan fingerprint density at radius 3 is 1.50 bits per heavy atom. The molecule has 8 bridgehead atoms. The Labute approximate surface area is 363 Å². The van der Waals surface area contributed by atoms with E-state index in [-0.39, 0.29) is 70.2 Å². The molecule has 9 fully saturated rings. The third kappa shape index (κ3) is 11.9. The number of Topliss-reactive ketones (excluding diaryl/α,β-unsaturated/α-hetero) is 1. The number of ketones is 1. The molecule has 1 aliphatic heterocycles. The van der Waals surface area contributed by atoms with Crippen LogP contribution in [0, 0.1) is 59.2 Å². The molecule has 2 aromatic rings. The van der Waals surface area contributed by atoms with E-state index in [1.165, 1.54) is 82.4 Å². The molecule has 3 N–H and O–H groups in total. The summed E-state index contributed by atoms with van der Waals surface area (Å²) in [5.74, 6) is 5.92. The number of aromatic hydroxyl groups is 1. The van der Waals surface area contributed by atoms with Gasteiger partial charge >= 0.3 is 5.97 Å². The van der Waals surface area contributed by atoms with Crippen LogP contribution in [0.2, 0.25) is 0 Å². The number of methoxy groups -OCH3 is 1. The van der Waals surface area contributed by atoms with Gasteiger partial charge in [0.1, 0.15) is 11.5 Å². The van der Waals surface area contributed by atoms with Crippen molar-refractivity contribution < 1.29 is 77.2 Å². The minimum Gasteiger partial charge on any atom is -0.872 e. The van der Waals surface area contributed by atoms with Crippen LogP contribution in [0.25, 0.3) is 0 Å². The molecule has 315 valence electrons. The maximum Gasteiger partial charge on any atom is 0.335 e. The second-order valence-electron chi connectivity index (χ2n) is 17.6. The van der Waals surface area contributed by atoms with Crippen molar-refractivity contribution >= 4 is 11.8 Å². The zero-order valence-electron chi connectivity index (χ0n) is 33.8. The third-order valence-corrected chi connectivity index (χ3v) is 11.7. The number of rotatable bonds is 3. The van der Waals surface area contributed by atoms with E-state index in [4.69, 9.17) is 24.7 Å². The van der Waals surface area contributed by atoms with Crippen molar-refractivity contribution in [2.75, 3.05) is 14.2 Å². The molecular formula is C46H73O9Y-. The van der Waals surface area contributed by atoms with Crippen LogP contribution in [0.1, 0.15) is 137 Å². The van der Waals surface area contributed by atoms with Gasteiger partial charge in [0.05, 0.1) is 5.56 Å². The zero-order valence-corrected chi connectivity index (χ0v) is 36.7. The van der Waals surface area contributed by atoms with E-state index in [1.54, 1.807) is 19.2 Å². The molecule has 1 spiro atoms. The van der Waals surface area contributed by atoms with E-state index in [9.17, 15) is 19.8 Å². The van der Waals surface area contributed by atoms with Crippen molar-refractivity contribution in [2.24, 2.45) is 59.2 Å². The predicted octanol–water partition coefficient (Wildman–Crippen LogP) is 10.0. The smallest absolute Gasteiger partial charge is 0.335 e. The molecule has 1 heterocycles. The Morgan fingerprint density at radius 1 is 0.732 bits per heavy atom. The van der Waals surface area contributed by atoms with E-state index >= 15 is 0 Å². The molecule has 2 aromatic carbocycles. The average Bonchev–Trinajstić information content (AvgIpc) is 3.08. The maximum absolute atomic E-state index is 11.6. The standard InChI is InChI=1S/C18H22O4.C10H14O.C7H6O3.2C4H10.CH4O.2CH4.Y/c1-20-18(13-3-2-4-16(19)10-13)17(21-22-18)14-6-11-5-12(8-14)9-15(17)7-11;11-10-8-2-6-1-7(4-8)5-9(10)3-6;8-6-3-1-2-5(4-6)7(9)10;2*1-4(2)3;1-2;;;/h2-4,10-12,14-15,19H,5-9H2,1H3;6-9H,1-5H2;1-4,8H,(H,9,10);2*4H,1-3H3;2H,1H3;2*1H4;/p-1. The number of hydrogen-bond donors (Lipinski definition) is 3. The second kappa shape index (κ2) is 23.1. The first-order chi connectivity index (χ1) is 25.2. The van der Waals surface area contributed by atoms with Gasteiger partial charge in [0.15, 0.2) is 5.60 Å². The van der Waals surface area contributed by atoms with Gasteiger partial charge in [-0.05, 0) is 130 Å². The van der Waals surface area contributed by atoms with Gasteiger partial charge < -0.3 is 25.2 Å². The zero-order chi connectivity index (χ0) is 39.1. The molecular weight excluding hydrogens is 785 g/mol. The first kappa shape index (κ1) is 52.1. The van der Waals surface area contributed by atoms with Crippen molar-refractivity contribution in [3.63, 3.8) is 0 Å². The average molecular weight is 859 g/mol. The summed E-state index contributed by atoms with van der Waals surface area (Å²) in [7, 11) is 2.69. The van der Waals surface area contributed by atoms with Crippen LogP contribution < -0.4 is 5.11 Å². The fraction of sp³-hybridized carbons (Fsp3) is 0.696. The van der Waals surface area contributed by atoms with Crippen molar-refractivity contribution in [3.05, 3.63) is 59.7 Å². The van der Waals surface area contributed by atoms with Gasteiger partial charge in [-0.3, -0.25) is 4.79 Å². The molecule has 9 nitrogen and oxygen atoms in total. The van der Waals surface area contributed by atoms with Gasteiger partial charge in [0, 0.05) is 64.3 Å². The molecule has 8 aliphatic carbocycles. The summed E-state index contributed by atoms with van der Waals surface area (Å²) in [6, 6.07) is 12.4. The van der Waals surface area contributed by atoms with Crippen molar-refractivity contribution in [1.82, 2.24) is 0 Å². The summed E-state index contributed by atoms with van der Waals surface area (Å²) in [4.78, 5) is 33.3. The molecule has 1 atom stereocenters. The van der Waals surface area contributed by atoms with E-state index in [1.807, 2.05) is 12.1 Å². The van der Waals surface area contributed by atoms with Gasteiger partial charge in [0.25, 0.3) is 5.79 Å². The van der Waals surface area contributed by atoms with Gasteiger partial charge in [-0.15, -0.1) is 5.75 Å². The number of aliphatic hydroxyl groups excluding tert-OH is 1. The summed E-state index contributed by atoms with van der Waals surface area (Å²) in [6.07, 6.45) is 12.7. The number of carboxylic acid groups (broad SMARTS) is 1. The third-order valence-electron chi connectivity index (χ3n) is 11.7. The number of carbonyl (C=O) groups is 2. The predicted molar refractivity (Wildman–Crippen MR) is 216 cm³/mol. The van der Waals surface area contributed by atoms with Crippen molar-refractivity contribution in [2.45, 2.75) is 132 Å². The molecule has 56 heavy (non-hydrogen) atoms. The van der Waals surface area contributed by atoms with Crippen molar-refractivity contribution in [1.29, 1.82) is 0 Å². The van der Waals surface area contributed by atoms with Gasteiger partial charge in [-0.1, -0.05) is 86.7 Å². The Hall–Kier alpha value is -1.88. The first-order valence-corrected chi connectivity index (χ1v) is 19.9. The Morgan fingerprint density at radius 2 is 1.16 bits per heavy atom. The molecule has 1 radical (unpaired) electrons. The van der Waals surface area contributed by atoms with Gasteiger partial charge in [0.2, 0.25) is 0 Å². The number of ether oxygens (including phenoxy) is 1. The van der Waals surface area contributed by atoms with Crippen LogP contribution in [0.3, 0.4) is 0 Å². The van der Waals surface area contributed by atoms with Crippen LogP contribution in [-0.4, -0.2) is 46.9 Å². The number of carbonyl (C=O) groups excluding carboxylic acids is 1. The molecule has 0 amide bonds. The summed E-state index contributed by atoms with van der Waals surface area (Å²) < 4.78 is 5.94. The molecule has 1 saturated heterocycles. The van der Waals surface area contributed by atoms with E-state index in [0.717, 1.165) is 54.2 Å². The van der Waals surface area contributed by atoms with Crippen LogP contribution >= 0.6 is 0 Å². The SMILES string of the molecule is C.C.CC(C)C.CC(C)C.CO.COC1(c2cccc(O)c2)OOC12C1CC3CC(C1)CC2C3.O=C(O)c1cccc([O-])c1.O=C1C2CC3CC(C2)CC1C3.[Y]. The second-order valence-corrected chi connectivity index (χ2v) is 17.6. The molecule has 9 aliphatic rings. The monoisotopic (exact) mass is 858 g/mol. The molecule has 8 saturated carbocycles. The fourth-order valence-electron chi connectivity index (χ4n) is 10.3. The maximum atomic E-state index is 11.6. The Bertz CT molecular complexity index is 1420. The van der Waals surface area contributed by atoms with Gasteiger partial charge in [-0.25, -0.2) is 9.68 Å². The minimum atomic E-state index is -1.07. The fourth-order valence-corrected chi connectivity index (χ4v) is 10.3. The molecule has 10 heteroatoms. The van der Waals surface area contributed by atoms with Gasteiger partial charge in [-0.2, -0.15) is 4.89 Å². The molecule has 0 aromatic heterocycles. The first-order valence-electron chi connectivity index (χ1n) is 19.9. The largest absolute Gasteiger partial charge is 0.872 e. The normalized spacial score (nSPS) is 32.7. The number of phenolic OH excluding ortho intramolecular Hbond substituents is 1. The number of aromatic carboxylic acids is 1. The number of carboxylic acids is 1. The summed E-state index contributed by atoms with van der Waals surface area (Å²) in [5, 5.41) is 35.8. The summed E-state index contributed by atoms with van der Waals surface area (Å²) >= 11 is 0. The van der Waals surface area contributed by atoms with Crippen molar-refractivity contribution in [3.8, 4) is 11.5 Å². The molecule has 1 unspecified atom stereocenters. The Kier molecular flexibility index (Phi) is 21.5. The number of aliphatic hydroxyl groups is 1. The van der Waals surface area contributed by atoms with Crippen LogP contribution in [-0.2, 0) is 57.8 Å². The summed E-state index contributed by atoms with van der Waals surface area (Å²) in [6.45, 7) is 13.0. The summed E-state index contributed by atoms with van der Waals surface area (Å²) in [5.41, 5.74) is 0.532.